The van der Waals surface area contributed by atoms with Crippen molar-refractivity contribution in [1.82, 2.24) is 4.90 Å². The minimum absolute atomic E-state index is 0.332. The average molecular weight is 185 g/mol. The Morgan fingerprint density at radius 1 is 1.54 bits per heavy atom. The lowest BCUT2D eigenvalue weighted by molar-refractivity contribution is 0.196. The van der Waals surface area contributed by atoms with Crippen LogP contribution in [0, 0.1) is 5.92 Å². The van der Waals surface area contributed by atoms with E-state index in [4.69, 9.17) is 10.9 Å². The summed E-state index contributed by atoms with van der Waals surface area (Å²) < 4.78 is 0. The number of nitrogens with zero attached hydrogens (tertiary/aromatic N) is 2. The van der Waals surface area contributed by atoms with E-state index in [1.54, 1.807) is 0 Å². The van der Waals surface area contributed by atoms with Gasteiger partial charge >= 0.3 is 0 Å². The molecule has 1 aliphatic rings. The normalized spacial score (nSPS) is 22.1. The first-order chi connectivity index (χ1) is 6.22. The van der Waals surface area contributed by atoms with Crippen LogP contribution in [0.2, 0.25) is 0 Å². The molecule has 76 valence electrons. The Kier molecular flexibility index (Phi) is 4.02. The Morgan fingerprint density at radius 3 is 2.69 bits per heavy atom. The van der Waals surface area contributed by atoms with Gasteiger partial charge in [-0.05, 0) is 31.8 Å². The van der Waals surface area contributed by atoms with Gasteiger partial charge in [0.05, 0.1) is 0 Å². The summed E-state index contributed by atoms with van der Waals surface area (Å²) >= 11 is 0. The van der Waals surface area contributed by atoms with E-state index in [1.807, 2.05) is 0 Å². The second-order valence-corrected chi connectivity index (χ2v) is 3.87. The lowest BCUT2D eigenvalue weighted by atomic mass is 9.99. The molecule has 0 aromatic heterocycles. The second-order valence-electron chi connectivity index (χ2n) is 3.87. The Hall–Kier alpha value is -0.770. The van der Waals surface area contributed by atoms with Gasteiger partial charge in [-0.15, -0.1) is 0 Å². The minimum atomic E-state index is 0.332. The molecule has 0 spiro atoms. The van der Waals surface area contributed by atoms with Crippen LogP contribution < -0.4 is 5.73 Å². The molecule has 3 N–H and O–H groups in total. The van der Waals surface area contributed by atoms with Crippen LogP contribution in [-0.2, 0) is 0 Å². The molecular weight excluding hydrogens is 166 g/mol. The highest BCUT2D eigenvalue weighted by Crippen LogP contribution is 2.15. The summed E-state index contributed by atoms with van der Waals surface area (Å²) in [7, 11) is 0. The number of likely N-dealkylation sites (tertiary alicyclic amines) is 1. The number of nitrogens with two attached hydrogens (primary N) is 1. The van der Waals surface area contributed by atoms with E-state index in [2.05, 4.69) is 17.0 Å². The van der Waals surface area contributed by atoms with Crippen LogP contribution in [0.1, 0.15) is 26.2 Å². The molecule has 0 radical (unpaired) electrons. The van der Waals surface area contributed by atoms with E-state index < -0.39 is 0 Å². The molecule has 0 aliphatic carbocycles. The van der Waals surface area contributed by atoms with E-state index in [9.17, 15) is 0 Å². The Balaban J connectivity index is 2.16. The number of rotatable bonds is 3. The molecule has 0 amide bonds. The fraction of sp³-hybridized carbons (Fsp3) is 0.889. The third-order valence-electron chi connectivity index (χ3n) is 2.69. The molecule has 1 aliphatic heterocycles. The Bertz CT molecular complexity index is 174. The van der Waals surface area contributed by atoms with E-state index >= 15 is 0 Å². The fourth-order valence-electron chi connectivity index (χ4n) is 1.61. The lowest BCUT2D eigenvalue weighted by Gasteiger charge is -2.29. The molecule has 0 unspecified atom stereocenters. The first-order valence-electron chi connectivity index (χ1n) is 4.91. The van der Waals surface area contributed by atoms with Crippen molar-refractivity contribution < 1.29 is 5.21 Å². The monoisotopic (exact) mass is 185 g/mol. The van der Waals surface area contributed by atoms with Gasteiger partial charge in [-0.2, -0.15) is 0 Å². The Morgan fingerprint density at radius 2 is 2.15 bits per heavy atom. The van der Waals surface area contributed by atoms with Gasteiger partial charge in [0.25, 0.3) is 0 Å². The highest BCUT2D eigenvalue weighted by atomic mass is 16.4. The smallest absolute Gasteiger partial charge is 0.140 e. The molecule has 1 rings (SSSR count). The molecule has 13 heavy (non-hydrogen) atoms. The number of piperidine rings is 1. The van der Waals surface area contributed by atoms with E-state index in [0.717, 1.165) is 25.6 Å². The number of oxime groups is 1. The molecule has 4 heteroatoms. The first kappa shape index (κ1) is 10.3. The van der Waals surface area contributed by atoms with Gasteiger partial charge in [0.1, 0.15) is 5.84 Å². The molecule has 0 saturated carbocycles. The maximum absolute atomic E-state index is 8.35. The topological polar surface area (TPSA) is 61.8 Å². The average Bonchev–Trinajstić information content (AvgIpc) is 2.16. The molecule has 0 atom stereocenters. The first-order valence-corrected chi connectivity index (χ1v) is 4.91. The van der Waals surface area contributed by atoms with Gasteiger partial charge in [0.15, 0.2) is 0 Å². The van der Waals surface area contributed by atoms with Crippen LogP contribution >= 0.6 is 0 Å². The third-order valence-corrected chi connectivity index (χ3v) is 2.69. The summed E-state index contributed by atoms with van der Waals surface area (Å²) in [4.78, 5) is 2.37. The molecule has 1 fully saturated rings. The number of amidine groups is 1. The summed E-state index contributed by atoms with van der Waals surface area (Å²) in [6.45, 7) is 5.52. The maximum Gasteiger partial charge on any atom is 0.140 e. The molecule has 0 bridgehead atoms. The van der Waals surface area contributed by atoms with Crippen LogP contribution in [0.4, 0.5) is 0 Å². The van der Waals surface area contributed by atoms with Crippen LogP contribution in [0.25, 0.3) is 0 Å². The summed E-state index contributed by atoms with van der Waals surface area (Å²) in [5.74, 6) is 1.19. The zero-order valence-corrected chi connectivity index (χ0v) is 8.24. The highest BCUT2D eigenvalue weighted by molar-refractivity contribution is 5.79. The predicted octanol–water partition coefficient (Wildman–Crippen LogP) is 0.855. The maximum atomic E-state index is 8.35. The van der Waals surface area contributed by atoms with Crippen LogP contribution in [0.5, 0.6) is 0 Å². The van der Waals surface area contributed by atoms with Gasteiger partial charge in [-0.3, -0.25) is 0 Å². The lowest BCUT2D eigenvalue weighted by Crippen LogP contribution is -2.35. The SMILES string of the molecule is CC1CCN(CC/C(N)=N/O)CC1. The number of hydrogen-bond donors (Lipinski definition) is 2. The molecule has 1 heterocycles. The second kappa shape index (κ2) is 5.07. The van der Waals surface area contributed by atoms with Gasteiger partial charge in [0, 0.05) is 13.0 Å². The molecule has 1 saturated heterocycles. The van der Waals surface area contributed by atoms with Crippen molar-refractivity contribution in [2.45, 2.75) is 26.2 Å². The summed E-state index contributed by atoms with van der Waals surface area (Å²) in [6, 6.07) is 0. The van der Waals surface area contributed by atoms with Crippen molar-refractivity contribution in [1.29, 1.82) is 0 Å². The van der Waals surface area contributed by atoms with Crippen molar-refractivity contribution in [3.05, 3.63) is 0 Å². The van der Waals surface area contributed by atoms with Crippen molar-refractivity contribution >= 4 is 5.84 Å². The van der Waals surface area contributed by atoms with E-state index in [-0.39, 0.29) is 0 Å². The minimum Gasteiger partial charge on any atom is -0.409 e. The van der Waals surface area contributed by atoms with Crippen LogP contribution in [0.15, 0.2) is 5.16 Å². The van der Waals surface area contributed by atoms with Crippen LogP contribution in [0.3, 0.4) is 0 Å². The third kappa shape index (κ3) is 3.63. The van der Waals surface area contributed by atoms with Crippen molar-refractivity contribution in [3.8, 4) is 0 Å². The highest BCUT2D eigenvalue weighted by Gasteiger charge is 2.15. The summed E-state index contributed by atoms with van der Waals surface area (Å²) in [5.41, 5.74) is 5.39. The quantitative estimate of drug-likeness (QED) is 0.296. The predicted molar refractivity (Wildman–Crippen MR) is 52.9 cm³/mol. The Labute approximate surface area is 79.4 Å². The zero-order chi connectivity index (χ0) is 9.68. The van der Waals surface area contributed by atoms with E-state index in [0.29, 0.717) is 12.3 Å². The van der Waals surface area contributed by atoms with Crippen molar-refractivity contribution in [3.63, 3.8) is 0 Å². The van der Waals surface area contributed by atoms with Gasteiger partial charge < -0.3 is 15.8 Å². The van der Waals surface area contributed by atoms with Gasteiger partial charge in [-0.25, -0.2) is 0 Å². The van der Waals surface area contributed by atoms with E-state index in [1.165, 1.54) is 12.8 Å². The molecule has 4 nitrogen and oxygen atoms in total. The van der Waals surface area contributed by atoms with Gasteiger partial charge in [-0.1, -0.05) is 12.1 Å². The van der Waals surface area contributed by atoms with Gasteiger partial charge in [0.2, 0.25) is 0 Å². The number of hydrogen-bond acceptors (Lipinski definition) is 3. The molecule has 0 aromatic rings. The standard InChI is InChI=1S/C9H19N3O/c1-8-2-5-12(6-3-8)7-4-9(10)11-13/h8,13H,2-7H2,1H3,(H2,10,11). The molecular formula is C9H19N3O. The zero-order valence-electron chi connectivity index (χ0n) is 8.24. The molecule has 0 aromatic carbocycles. The fourth-order valence-corrected chi connectivity index (χ4v) is 1.61. The van der Waals surface area contributed by atoms with Crippen LogP contribution in [-0.4, -0.2) is 35.6 Å². The van der Waals surface area contributed by atoms with Crippen molar-refractivity contribution in [2.24, 2.45) is 16.8 Å². The van der Waals surface area contributed by atoms with Crippen molar-refractivity contribution in [2.75, 3.05) is 19.6 Å². The summed E-state index contributed by atoms with van der Waals surface area (Å²) in [6.07, 6.45) is 3.22. The summed E-state index contributed by atoms with van der Waals surface area (Å²) in [5, 5.41) is 11.3. The largest absolute Gasteiger partial charge is 0.409 e.